The van der Waals surface area contributed by atoms with Crippen molar-refractivity contribution in [3.05, 3.63) is 54.0 Å². The fourth-order valence-electron chi connectivity index (χ4n) is 2.01. The Bertz CT molecular complexity index is 901. The summed E-state index contributed by atoms with van der Waals surface area (Å²) in [5, 5.41) is 6.56. The highest BCUT2D eigenvalue weighted by molar-refractivity contribution is 5.96. The van der Waals surface area contributed by atoms with Crippen LogP contribution in [0.3, 0.4) is 0 Å². The van der Waals surface area contributed by atoms with E-state index in [1.165, 1.54) is 25.3 Å². The zero-order chi connectivity index (χ0) is 21.4. The molecule has 3 amide bonds. The van der Waals surface area contributed by atoms with E-state index in [1.807, 2.05) is 0 Å². The molecule has 9 nitrogen and oxygen atoms in total. The summed E-state index contributed by atoms with van der Waals surface area (Å²) in [5.41, 5.74) is -0.404. The number of hydrogen-bond donors (Lipinski definition) is 3. The van der Waals surface area contributed by atoms with Gasteiger partial charge in [0.05, 0.1) is 18.5 Å². The van der Waals surface area contributed by atoms with Crippen molar-refractivity contribution in [2.24, 2.45) is 0 Å². The molecule has 0 saturated heterocycles. The monoisotopic (exact) mass is 409 g/mol. The SMILES string of the molecule is C[C@@H](OC(=O)CNC(=O)CNC(=O)c1ccco1)C(=O)Nc1cc(F)ccc1F. The third-order valence-corrected chi connectivity index (χ3v) is 3.45. The number of esters is 1. The van der Waals surface area contributed by atoms with Crippen molar-refractivity contribution in [1.82, 2.24) is 10.6 Å². The lowest BCUT2D eigenvalue weighted by atomic mass is 10.2. The molecule has 3 N–H and O–H groups in total. The fraction of sp³-hybridized carbons (Fsp3) is 0.222. The molecule has 2 rings (SSSR count). The molecule has 0 bridgehead atoms. The average Bonchev–Trinajstić information content (AvgIpc) is 3.22. The molecule has 0 aliphatic heterocycles. The predicted octanol–water partition coefficient (Wildman–Crippen LogP) is 0.974. The molecule has 1 aromatic heterocycles. The van der Waals surface area contributed by atoms with E-state index in [4.69, 9.17) is 9.15 Å². The van der Waals surface area contributed by atoms with Gasteiger partial charge >= 0.3 is 5.97 Å². The number of benzene rings is 1. The lowest BCUT2D eigenvalue weighted by Gasteiger charge is -2.14. The molecule has 0 aliphatic carbocycles. The van der Waals surface area contributed by atoms with Gasteiger partial charge in [-0.1, -0.05) is 0 Å². The first-order valence-corrected chi connectivity index (χ1v) is 8.30. The second-order valence-electron chi connectivity index (χ2n) is 5.68. The molecule has 0 radical (unpaired) electrons. The minimum absolute atomic E-state index is 0.0202. The first-order valence-electron chi connectivity index (χ1n) is 8.30. The van der Waals surface area contributed by atoms with E-state index in [1.54, 1.807) is 0 Å². The summed E-state index contributed by atoms with van der Waals surface area (Å²) in [4.78, 5) is 46.8. The minimum Gasteiger partial charge on any atom is -0.459 e. The highest BCUT2D eigenvalue weighted by Gasteiger charge is 2.20. The summed E-state index contributed by atoms with van der Waals surface area (Å²) in [5.74, 6) is -4.72. The number of nitrogens with one attached hydrogen (secondary N) is 3. The number of carbonyl (C=O) groups is 4. The molecular weight excluding hydrogens is 392 g/mol. The number of amides is 3. The smallest absolute Gasteiger partial charge is 0.326 e. The molecule has 2 aromatic rings. The van der Waals surface area contributed by atoms with Gasteiger partial charge in [-0.15, -0.1) is 0 Å². The van der Waals surface area contributed by atoms with E-state index in [0.29, 0.717) is 0 Å². The van der Waals surface area contributed by atoms with Crippen LogP contribution in [0.4, 0.5) is 14.5 Å². The lowest BCUT2D eigenvalue weighted by Crippen LogP contribution is -2.40. The Labute approximate surface area is 163 Å². The van der Waals surface area contributed by atoms with E-state index >= 15 is 0 Å². The van der Waals surface area contributed by atoms with E-state index in [-0.39, 0.29) is 5.76 Å². The molecule has 0 unspecified atom stereocenters. The van der Waals surface area contributed by atoms with Crippen molar-refractivity contribution in [3.8, 4) is 0 Å². The van der Waals surface area contributed by atoms with Gasteiger partial charge in [0.1, 0.15) is 18.2 Å². The Morgan fingerprint density at radius 3 is 2.55 bits per heavy atom. The lowest BCUT2D eigenvalue weighted by molar-refractivity contribution is -0.152. The molecule has 1 atom stereocenters. The Morgan fingerprint density at radius 1 is 1.10 bits per heavy atom. The summed E-state index contributed by atoms with van der Waals surface area (Å²) in [6.45, 7) is 0.235. The van der Waals surface area contributed by atoms with Gasteiger partial charge in [0, 0.05) is 6.07 Å². The molecular formula is C18H17F2N3O6. The first kappa shape index (κ1) is 21.5. The van der Waals surface area contributed by atoms with Gasteiger partial charge in [-0.2, -0.15) is 0 Å². The standard InChI is InChI=1S/C18H17F2N3O6/c1-10(17(26)23-13-7-11(19)4-5-12(13)20)29-16(25)9-21-15(24)8-22-18(27)14-3-2-6-28-14/h2-7,10H,8-9H2,1H3,(H,21,24)(H,22,27)(H,23,26)/t10-/m1/s1. The van der Waals surface area contributed by atoms with Crippen molar-refractivity contribution in [2.75, 3.05) is 18.4 Å². The third-order valence-electron chi connectivity index (χ3n) is 3.45. The topological polar surface area (TPSA) is 127 Å². The van der Waals surface area contributed by atoms with Gasteiger partial charge in [-0.3, -0.25) is 19.2 Å². The van der Waals surface area contributed by atoms with Gasteiger partial charge in [-0.05, 0) is 31.2 Å². The summed E-state index contributed by atoms with van der Waals surface area (Å²) in [7, 11) is 0. The molecule has 154 valence electrons. The number of furan rings is 1. The largest absolute Gasteiger partial charge is 0.459 e. The van der Waals surface area contributed by atoms with Crippen LogP contribution in [0.25, 0.3) is 0 Å². The van der Waals surface area contributed by atoms with Gasteiger partial charge in [0.25, 0.3) is 11.8 Å². The highest BCUT2D eigenvalue weighted by Crippen LogP contribution is 2.15. The molecule has 0 fully saturated rings. The first-order chi connectivity index (χ1) is 13.8. The second-order valence-corrected chi connectivity index (χ2v) is 5.68. The van der Waals surface area contributed by atoms with Gasteiger partial charge in [0.15, 0.2) is 11.9 Å². The number of halogens is 2. The average molecular weight is 409 g/mol. The Kier molecular flexibility index (Phi) is 7.40. The molecule has 0 aliphatic rings. The molecule has 11 heteroatoms. The van der Waals surface area contributed by atoms with E-state index in [0.717, 1.165) is 18.2 Å². The summed E-state index contributed by atoms with van der Waals surface area (Å²) in [6, 6.07) is 5.41. The Morgan fingerprint density at radius 2 is 1.86 bits per heavy atom. The van der Waals surface area contributed by atoms with E-state index < -0.39 is 60.2 Å². The Hall–Kier alpha value is -3.76. The van der Waals surface area contributed by atoms with Crippen molar-refractivity contribution >= 4 is 29.4 Å². The van der Waals surface area contributed by atoms with Crippen LogP contribution in [0.5, 0.6) is 0 Å². The maximum atomic E-state index is 13.5. The molecule has 1 aromatic carbocycles. The maximum Gasteiger partial charge on any atom is 0.326 e. The number of hydrogen-bond acceptors (Lipinski definition) is 6. The predicted molar refractivity (Wildman–Crippen MR) is 94.6 cm³/mol. The number of ether oxygens (including phenoxy) is 1. The van der Waals surface area contributed by atoms with Gasteiger partial charge < -0.3 is 25.1 Å². The molecule has 0 spiro atoms. The summed E-state index contributed by atoms with van der Waals surface area (Å²) >= 11 is 0. The van der Waals surface area contributed by atoms with Crippen LogP contribution in [-0.2, 0) is 19.1 Å². The third kappa shape index (κ3) is 6.72. The van der Waals surface area contributed by atoms with Crippen LogP contribution < -0.4 is 16.0 Å². The molecule has 29 heavy (non-hydrogen) atoms. The molecule has 0 saturated carbocycles. The molecule has 1 heterocycles. The van der Waals surface area contributed by atoms with Crippen molar-refractivity contribution < 1.29 is 37.1 Å². The van der Waals surface area contributed by atoms with Crippen LogP contribution in [0.15, 0.2) is 41.0 Å². The van der Waals surface area contributed by atoms with Crippen molar-refractivity contribution in [2.45, 2.75) is 13.0 Å². The van der Waals surface area contributed by atoms with Gasteiger partial charge in [0.2, 0.25) is 5.91 Å². The number of anilines is 1. The number of carbonyl (C=O) groups excluding carboxylic acids is 4. The van der Waals surface area contributed by atoms with Crippen LogP contribution in [0.1, 0.15) is 17.5 Å². The quantitative estimate of drug-likeness (QED) is 0.558. The van der Waals surface area contributed by atoms with Crippen LogP contribution in [0, 0.1) is 11.6 Å². The van der Waals surface area contributed by atoms with Crippen LogP contribution >= 0.6 is 0 Å². The second kappa shape index (κ2) is 9.97. The fourth-order valence-corrected chi connectivity index (χ4v) is 2.01. The van der Waals surface area contributed by atoms with Crippen molar-refractivity contribution in [1.29, 1.82) is 0 Å². The minimum atomic E-state index is -1.33. The normalized spacial score (nSPS) is 11.3. The maximum absolute atomic E-state index is 13.5. The van der Waals surface area contributed by atoms with Gasteiger partial charge in [-0.25, -0.2) is 8.78 Å². The summed E-state index contributed by atoms with van der Waals surface area (Å²) in [6.07, 6.45) is -0.0361. The number of rotatable bonds is 8. The summed E-state index contributed by atoms with van der Waals surface area (Å²) < 4.78 is 36.3. The highest BCUT2D eigenvalue weighted by atomic mass is 19.1. The zero-order valence-corrected chi connectivity index (χ0v) is 15.2. The zero-order valence-electron chi connectivity index (χ0n) is 15.2. The van der Waals surface area contributed by atoms with E-state index in [9.17, 15) is 28.0 Å². The van der Waals surface area contributed by atoms with Crippen LogP contribution in [-0.4, -0.2) is 42.9 Å². The van der Waals surface area contributed by atoms with Crippen LogP contribution in [0.2, 0.25) is 0 Å². The Balaban J connectivity index is 1.72. The van der Waals surface area contributed by atoms with Crippen molar-refractivity contribution in [3.63, 3.8) is 0 Å². The van der Waals surface area contributed by atoms with E-state index in [2.05, 4.69) is 16.0 Å².